The molecule has 0 radical (unpaired) electrons. The first-order chi connectivity index (χ1) is 8.83. The van der Waals surface area contributed by atoms with Crippen LogP contribution in [0.3, 0.4) is 0 Å². The van der Waals surface area contributed by atoms with Crippen LogP contribution in [-0.4, -0.2) is 37.6 Å². The molecule has 2 heterocycles. The summed E-state index contributed by atoms with van der Waals surface area (Å²) in [7, 11) is 0. The van der Waals surface area contributed by atoms with Crippen LogP contribution in [0, 0.1) is 6.92 Å². The summed E-state index contributed by atoms with van der Waals surface area (Å²) >= 11 is 0. The van der Waals surface area contributed by atoms with Gasteiger partial charge in [-0.3, -0.25) is 0 Å². The third-order valence-corrected chi connectivity index (χ3v) is 3.72. The minimum absolute atomic E-state index is 1.01. The molecule has 0 saturated carbocycles. The van der Waals surface area contributed by atoms with E-state index in [2.05, 4.69) is 35.3 Å². The lowest BCUT2D eigenvalue weighted by molar-refractivity contribution is 0.244. The van der Waals surface area contributed by atoms with Gasteiger partial charge in [-0.2, -0.15) is 0 Å². The molecule has 3 nitrogen and oxygen atoms in total. The lowest BCUT2D eigenvalue weighted by Crippen LogP contribution is -2.44. The van der Waals surface area contributed by atoms with Crippen LogP contribution in [0.1, 0.15) is 11.1 Å². The van der Waals surface area contributed by atoms with Gasteiger partial charge in [0, 0.05) is 38.1 Å². The lowest BCUT2D eigenvalue weighted by atomic mass is 10.1. The molecule has 1 aliphatic rings. The van der Waals surface area contributed by atoms with Gasteiger partial charge >= 0.3 is 0 Å². The van der Waals surface area contributed by atoms with E-state index >= 15 is 0 Å². The van der Waals surface area contributed by atoms with Crippen molar-refractivity contribution in [1.82, 2.24) is 10.2 Å². The molecule has 1 saturated heterocycles. The number of nitrogens with zero attached hydrogens (tertiary/aromatic N) is 1. The first kappa shape index (κ1) is 11.8. The number of aryl methyl sites for hydroxylation is 1. The van der Waals surface area contributed by atoms with Gasteiger partial charge in [0.25, 0.3) is 0 Å². The molecular weight excluding hydrogens is 224 g/mol. The van der Waals surface area contributed by atoms with Crippen LogP contribution in [0.2, 0.25) is 0 Å². The molecule has 0 spiro atoms. The summed E-state index contributed by atoms with van der Waals surface area (Å²) in [5.74, 6) is 0. The third kappa shape index (κ3) is 2.42. The number of piperazine rings is 1. The summed E-state index contributed by atoms with van der Waals surface area (Å²) in [6.07, 6.45) is 3.00. The number of nitrogens with one attached hydrogen (secondary N) is 1. The highest BCUT2D eigenvalue weighted by Gasteiger charge is 2.11. The third-order valence-electron chi connectivity index (χ3n) is 3.72. The van der Waals surface area contributed by atoms with E-state index in [1.54, 1.807) is 0 Å². The van der Waals surface area contributed by atoms with E-state index < -0.39 is 0 Å². The van der Waals surface area contributed by atoms with E-state index in [0.717, 1.165) is 44.7 Å². The number of benzene rings is 1. The molecule has 3 rings (SSSR count). The van der Waals surface area contributed by atoms with E-state index in [1.807, 2.05) is 6.26 Å². The second-order valence-corrected chi connectivity index (χ2v) is 5.10. The van der Waals surface area contributed by atoms with Gasteiger partial charge in [-0.1, -0.05) is 11.6 Å². The predicted octanol–water partition coefficient (Wildman–Crippen LogP) is 2.19. The van der Waals surface area contributed by atoms with Gasteiger partial charge in [-0.25, -0.2) is 0 Å². The quantitative estimate of drug-likeness (QED) is 0.897. The Kier molecular flexibility index (Phi) is 3.35. The first-order valence-corrected chi connectivity index (χ1v) is 6.73. The molecule has 1 aliphatic heterocycles. The Balaban J connectivity index is 1.72. The largest absolute Gasteiger partial charge is 0.464 e. The number of rotatable bonds is 3. The number of hydrogen-bond donors (Lipinski definition) is 1. The van der Waals surface area contributed by atoms with Crippen molar-refractivity contribution in [3.05, 3.63) is 35.6 Å². The maximum Gasteiger partial charge on any atom is 0.134 e. The Morgan fingerprint density at radius 1 is 1.28 bits per heavy atom. The molecule has 3 heteroatoms. The Morgan fingerprint density at radius 3 is 2.94 bits per heavy atom. The van der Waals surface area contributed by atoms with Crippen LogP contribution in [0.25, 0.3) is 11.0 Å². The van der Waals surface area contributed by atoms with E-state index in [-0.39, 0.29) is 0 Å². The average molecular weight is 244 g/mol. The predicted molar refractivity (Wildman–Crippen MR) is 74.0 cm³/mol. The number of furan rings is 1. The Labute approximate surface area is 108 Å². The topological polar surface area (TPSA) is 28.4 Å². The highest BCUT2D eigenvalue weighted by atomic mass is 16.3. The molecule has 1 fully saturated rings. The molecule has 0 unspecified atom stereocenters. The molecule has 1 N–H and O–H groups in total. The molecule has 0 atom stereocenters. The Hall–Kier alpha value is -1.32. The monoisotopic (exact) mass is 244 g/mol. The molecule has 0 bridgehead atoms. The van der Waals surface area contributed by atoms with Crippen LogP contribution in [-0.2, 0) is 6.42 Å². The van der Waals surface area contributed by atoms with Crippen LogP contribution < -0.4 is 5.32 Å². The van der Waals surface area contributed by atoms with Crippen LogP contribution >= 0.6 is 0 Å². The van der Waals surface area contributed by atoms with Crippen LogP contribution in [0.4, 0.5) is 0 Å². The summed E-state index contributed by atoms with van der Waals surface area (Å²) in [4.78, 5) is 2.52. The SMILES string of the molecule is Cc1ccc2occ(CCN3CCNCC3)c2c1. The van der Waals surface area contributed by atoms with Gasteiger partial charge in [-0.05, 0) is 31.0 Å². The van der Waals surface area contributed by atoms with Gasteiger partial charge in [0.15, 0.2) is 0 Å². The van der Waals surface area contributed by atoms with Crippen molar-refractivity contribution in [2.75, 3.05) is 32.7 Å². The van der Waals surface area contributed by atoms with E-state index in [1.165, 1.54) is 16.5 Å². The van der Waals surface area contributed by atoms with Crippen molar-refractivity contribution in [1.29, 1.82) is 0 Å². The normalized spacial score (nSPS) is 17.4. The second kappa shape index (κ2) is 5.12. The molecular formula is C15H20N2O. The molecule has 1 aromatic carbocycles. The molecule has 96 valence electrons. The summed E-state index contributed by atoms with van der Waals surface area (Å²) in [6.45, 7) is 7.82. The van der Waals surface area contributed by atoms with Gasteiger partial charge in [0.2, 0.25) is 0 Å². The standard InChI is InChI=1S/C15H20N2O/c1-12-2-3-15-14(10-12)13(11-18-15)4-7-17-8-5-16-6-9-17/h2-3,10-11,16H,4-9H2,1H3. The minimum Gasteiger partial charge on any atom is -0.464 e. The molecule has 0 amide bonds. The zero-order valence-corrected chi connectivity index (χ0v) is 10.9. The maximum atomic E-state index is 5.61. The lowest BCUT2D eigenvalue weighted by Gasteiger charge is -2.26. The zero-order valence-electron chi connectivity index (χ0n) is 10.9. The fraction of sp³-hybridized carbons (Fsp3) is 0.467. The van der Waals surface area contributed by atoms with Gasteiger partial charge in [0.1, 0.15) is 5.58 Å². The summed E-state index contributed by atoms with van der Waals surface area (Å²) in [5.41, 5.74) is 3.65. The second-order valence-electron chi connectivity index (χ2n) is 5.10. The molecule has 2 aromatic rings. The van der Waals surface area contributed by atoms with Crippen LogP contribution in [0.15, 0.2) is 28.9 Å². The summed E-state index contributed by atoms with van der Waals surface area (Å²) < 4.78 is 5.61. The smallest absolute Gasteiger partial charge is 0.134 e. The van der Waals surface area contributed by atoms with Gasteiger partial charge in [0.05, 0.1) is 6.26 Å². The van der Waals surface area contributed by atoms with Crippen molar-refractivity contribution in [2.24, 2.45) is 0 Å². The fourth-order valence-electron chi connectivity index (χ4n) is 2.60. The van der Waals surface area contributed by atoms with Crippen molar-refractivity contribution < 1.29 is 4.42 Å². The van der Waals surface area contributed by atoms with E-state index in [4.69, 9.17) is 4.42 Å². The van der Waals surface area contributed by atoms with Crippen LogP contribution in [0.5, 0.6) is 0 Å². The molecule has 18 heavy (non-hydrogen) atoms. The van der Waals surface area contributed by atoms with Crippen molar-refractivity contribution >= 4 is 11.0 Å². The maximum absolute atomic E-state index is 5.61. The Morgan fingerprint density at radius 2 is 2.11 bits per heavy atom. The zero-order chi connectivity index (χ0) is 12.4. The van der Waals surface area contributed by atoms with Crippen molar-refractivity contribution in [3.63, 3.8) is 0 Å². The summed E-state index contributed by atoms with van der Waals surface area (Å²) in [6, 6.07) is 6.40. The average Bonchev–Trinajstić information content (AvgIpc) is 2.80. The minimum atomic E-state index is 1.01. The highest BCUT2D eigenvalue weighted by molar-refractivity contribution is 5.81. The van der Waals surface area contributed by atoms with E-state index in [0.29, 0.717) is 0 Å². The van der Waals surface area contributed by atoms with E-state index in [9.17, 15) is 0 Å². The highest BCUT2D eigenvalue weighted by Crippen LogP contribution is 2.22. The Bertz CT molecular complexity index is 526. The first-order valence-electron chi connectivity index (χ1n) is 6.73. The number of fused-ring (bicyclic) bond motifs is 1. The van der Waals surface area contributed by atoms with Gasteiger partial charge in [-0.15, -0.1) is 0 Å². The number of hydrogen-bond acceptors (Lipinski definition) is 3. The van der Waals surface area contributed by atoms with Crippen molar-refractivity contribution in [3.8, 4) is 0 Å². The van der Waals surface area contributed by atoms with Crippen molar-refractivity contribution in [2.45, 2.75) is 13.3 Å². The summed E-state index contributed by atoms with van der Waals surface area (Å²) in [5, 5.41) is 4.67. The molecule has 1 aromatic heterocycles. The van der Waals surface area contributed by atoms with Gasteiger partial charge < -0.3 is 14.6 Å². The molecule has 0 aliphatic carbocycles. The fourth-order valence-corrected chi connectivity index (χ4v) is 2.60.